The molecule has 0 aliphatic heterocycles. The lowest BCUT2D eigenvalue weighted by atomic mass is 10.1. The van der Waals surface area contributed by atoms with Crippen molar-refractivity contribution in [2.75, 3.05) is 20.1 Å². The number of carbonyl (C=O) groups excluding carboxylic acids is 1. The summed E-state index contributed by atoms with van der Waals surface area (Å²) in [7, 11) is 1.82. The number of likely N-dealkylation sites (N-methyl/N-ethyl adjacent to an activating group) is 1. The summed E-state index contributed by atoms with van der Waals surface area (Å²) in [6.07, 6.45) is 0. The Labute approximate surface area is 119 Å². The average molecular weight is 271 g/mol. The maximum atomic E-state index is 11.7. The molecule has 2 aromatic rings. The first-order valence-electron chi connectivity index (χ1n) is 6.91. The highest BCUT2D eigenvalue weighted by Crippen LogP contribution is 2.17. The van der Waals surface area contributed by atoms with Gasteiger partial charge < -0.3 is 10.2 Å². The van der Waals surface area contributed by atoms with Crippen LogP contribution in [-0.4, -0.2) is 35.9 Å². The Kier molecular flexibility index (Phi) is 4.69. The minimum Gasteiger partial charge on any atom is -0.345 e. The van der Waals surface area contributed by atoms with Crippen LogP contribution in [0.3, 0.4) is 0 Å². The largest absolute Gasteiger partial charge is 0.345 e. The number of benzene rings is 1. The molecule has 0 fully saturated rings. The summed E-state index contributed by atoms with van der Waals surface area (Å²) >= 11 is 0. The molecule has 0 unspecified atom stereocenters. The molecule has 0 bridgehead atoms. The van der Waals surface area contributed by atoms with E-state index in [1.807, 2.05) is 39.1 Å². The van der Waals surface area contributed by atoms with Gasteiger partial charge >= 0.3 is 0 Å². The van der Waals surface area contributed by atoms with E-state index in [4.69, 9.17) is 0 Å². The Morgan fingerprint density at radius 3 is 2.85 bits per heavy atom. The van der Waals surface area contributed by atoms with Gasteiger partial charge in [0.05, 0.1) is 12.1 Å². The van der Waals surface area contributed by atoms with Gasteiger partial charge in [-0.3, -0.25) is 9.78 Å². The summed E-state index contributed by atoms with van der Waals surface area (Å²) < 4.78 is 0. The molecule has 0 saturated carbocycles. The van der Waals surface area contributed by atoms with Crippen molar-refractivity contribution >= 4 is 16.8 Å². The fourth-order valence-electron chi connectivity index (χ4n) is 2.16. The number of carbonyl (C=O) groups is 1. The first-order valence-corrected chi connectivity index (χ1v) is 6.91. The van der Waals surface area contributed by atoms with E-state index in [-0.39, 0.29) is 5.91 Å². The molecule has 0 spiro atoms. The Balaban J connectivity index is 2.08. The predicted molar refractivity (Wildman–Crippen MR) is 81.5 cm³/mol. The molecule has 1 amide bonds. The van der Waals surface area contributed by atoms with Gasteiger partial charge in [0.15, 0.2) is 0 Å². The summed E-state index contributed by atoms with van der Waals surface area (Å²) in [5, 5.41) is 4.36. The molecule has 0 aliphatic rings. The van der Waals surface area contributed by atoms with Crippen molar-refractivity contribution in [3.8, 4) is 0 Å². The fraction of sp³-hybridized carbons (Fsp3) is 0.375. The molecule has 4 heteroatoms. The van der Waals surface area contributed by atoms with Crippen LogP contribution < -0.4 is 5.32 Å². The Morgan fingerprint density at radius 1 is 1.35 bits per heavy atom. The minimum absolute atomic E-state index is 0.114. The van der Waals surface area contributed by atoms with Crippen LogP contribution in [0.1, 0.15) is 18.2 Å². The van der Waals surface area contributed by atoms with Crippen molar-refractivity contribution in [1.29, 1.82) is 0 Å². The summed E-state index contributed by atoms with van der Waals surface area (Å²) in [5.41, 5.74) is 3.18. The zero-order valence-corrected chi connectivity index (χ0v) is 12.3. The predicted octanol–water partition coefficient (Wildman–Crippen LogP) is 2.11. The lowest BCUT2D eigenvalue weighted by molar-refractivity contribution is -0.128. The van der Waals surface area contributed by atoms with Crippen LogP contribution in [0.2, 0.25) is 0 Å². The van der Waals surface area contributed by atoms with Crippen molar-refractivity contribution in [3.05, 3.63) is 41.6 Å². The minimum atomic E-state index is 0.114. The monoisotopic (exact) mass is 271 g/mol. The molecule has 2 rings (SSSR count). The van der Waals surface area contributed by atoms with Gasteiger partial charge in [-0.05, 0) is 31.5 Å². The number of nitrogens with one attached hydrogen (secondary N) is 1. The third-order valence-corrected chi connectivity index (χ3v) is 3.42. The van der Waals surface area contributed by atoms with E-state index < -0.39 is 0 Å². The van der Waals surface area contributed by atoms with Gasteiger partial charge in [-0.15, -0.1) is 0 Å². The fourth-order valence-corrected chi connectivity index (χ4v) is 2.16. The Morgan fingerprint density at radius 2 is 2.10 bits per heavy atom. The van der Waals surface area contributed by atoms with Crippen molar-refractivity contribution in [2.45, 2.75) is 20.4 Å². The maximum absolute atomic E-state index is 11.7. The van der Waals surface area contributed by atoms with E-state index in [2.05, 4.69) is 22.4 Å². The number of pyridine rings is 1. The molecule has 20 heavy (non-hydrogen) atoms. The highest BCUT2D eigenvalue weighted by atomic mass is 16.2. The van der Waals surface area contributed by atoms with E-state index in [1.54, 1.807) is 4.90 Å². The van der Waals surface area contributed by atoms with Gasteiger partial charge in [-0.1, -0.05) is 18.2 Å². The van der Waals surface area contributed by atoms with E-state index >= 15 is 0 Å². The molecule has 0 aliphatic carbocycles. The summed E-state index contributed by atoms with van der Waals surface area (Å²) in [6.45, 7) is 5.73. The van der Waals surface area contributed by atoms with Crippen LogP contribution in [0.15, 0.2) is 30.3 Å². The van der Waals surface area contributed by atoms with Gasteiger partial charge in [-0.2, -0.15) is 0 Å². The van der Waals surface area contributed by atoms with Crippen LogP contribution in [0.25, 0.3) is 10.9 Å². The Bertz CT molecular complexity index is 610. The van der Waals surface area contributed by atoms with Gasteiger partial charge in [0.1, 0.15) is 0 Å². The zero-order chi connectivity index (χ0) is 14.5. The third-order valence-electron chi connectivity index (χ3n) is 3.42. The van der Waals surface area contributed by atoms with Crippen LogP contribution in [0.4, 0.5) is 0 Å². The van der Waals surface area contributed by atoms with E-state index in [0.29, 0.717) is 13.1 Å². The number of hydrogen-bond acceptors (Lipinski definition) is 3. The highest BCUT2D eigenvalue weighted by Gasteiger charge is 2.07. The normalized spacial score (nSPS) is 10.8. The first kappa shape index (κ1) is 14.5. The number of para-hydroxylation sites is 1. The summed E-state index contributed by atoms with van der Waals surface area (Å²) in [6, 6.07) is 10.2. The molecule has 0 radical (unpaired) electrons. The van der Waals surface area contributed by atoms with Gasteiger partial charge in [0.2, 0.25) is 5.91 Å². The second-order valence-electron chi connectivity index (χ2n) is 4.95. The molecule has 1 aromatic heterocycles. The van der Waals surface area contributed by atoms with Gasteiger partial charge in [-0.25, -0.2) is 0 Å². The molecular weight excluding hydrogens is 250 g/mol. The third kappa shape index (κ3) is 3.33. The van der Waals surface area contributed by atoms with Crippen molar-refractivity contribution in [1.82, 2.24) is 15.2 Å². The molecule has 4 nitrogen and oxygen atoms in total. The van der Waals surface area contributed by atoms with Crippen molar-refractivity contribution in [3.63, 3.8) is 0 Å². The van der Waals surface area contributed by atoms with Crippen LogP contribution in [0, 0.1) is 6.92 Å². The van der Waals surface area contributed by atoms with Gasteiger partial charge in [0.25, 0.3) is 0 Å². The second-order valence-corrected chi connectivity index (χ2v) is 4.95. The molecule has 0 atom stereocenters. The van der Waals surface area contributed by atoms with Crippen LogP contribution >= 0.6 is 0 Å². The molecular formula is C16H21N3O. The van der Waals surface area contributed by atoms with E-state index in [0.717, 1.165) is 23.1 Å². The number of hydrogen-bond donors (Lipinski definition) is 1. The standard InChI is InChI=1S/C16H21N3O/c1-4-19(3)16(20)11-17-10-13-9-12(2)18-15-8-6-5-7-14(13)15/h5-9,17H,4,10-11H2,1-3H3. The number of fused-ring (bicyclic) bond motifs is 1. The molecule has 0 saturated heterocycles. The lowest BCUT2D eigenvalue weighted by Crippen LogP contribution is -2.35. The van der Waals surface area contributed by atoms with Crippen LogP contribution in [-0.2, 0) is 11.3 Å². The second kappa shape index (κ2) is 6.48. The average Bonchev–Trinajstić information content (AvgIpc) is 2.45. The number of aryl methyl sites for hydroxylation is 1. The quantitative estimate of drug-likeness (QED) is 0.906. The highest BCUT2D eigenvalue weighted by molar-refractivity contribution is 5.82. The topological polar surface area (TPSA) is 45.2 Å². The summed E-state index contributed by atoms with van der Waals surface area (Å²) in [5.74, 6) is 0.114. The maximum Gasteiger partial charge on any atom is 0.236 e. The number of rotatable bonds is 5. The van der Waals surface area contributed by atoms with E-state index in [1.165, 1.54) is 5.56 Å². The summed E-state index contributed by atoms with van der Waals surface area (Å²) in [4.78, 5) is 18.0. The molecule has 1 heterocycles. The van der Waals surface area contributed by atoms with Crippen molar-refractivity contribution < 1.29 is 4.79 Å². The van der Waals surface area contributed by atoms with E-state index in [9.17, 15) is 4.79 Å². The van der Waals surface area contributed by atoms with Crippen LogP contribution in [0.5, 0.6) is 0 Å². The zero-order valence-electron chi connectivity index (χ0n) is 12.3. The Hall–Kier alpha value is -1.94. The lowest BCUT2D eigenvalue weighted by Gasteiger charge is -2.15. The van der Waals surface area contributed by atoms with Crippen molar-refractivity contribution in [2.24, 2.45) is 0 Å². The smallest absolute Gasteiger partial charge is 0.236 e. The number of nitrogens with zero attached hydrogens (tertiary/aromatic N) is 2. The number of aromatic nitrogens is 1. The molecule has 1 N–H and O–H groups in total. The first-order chi connectivity index (χ1) is 9.61. The molecule has 106 valence electrons. The molecule has 1 aromatic carbocycles. The SMILES string of the molecule is CCN(C)C(=O)CNCc1cc(C)nc2ccccc12. The van der Waals surface area contributed by atoms with Gasteiger partial charge in [0, 0.05) is 31.2 Å². The number of amides is 1.